The van der Waals surface area contributed by atoms with Crippen LogP contribution in [0.3, 0.4) is 0 Å². The standard InChI is InChI=1S/C5H7NO4/c7-4-3(1-2-6-4)10-5(8)9/h3H,1-2H2,(H,6,7)(H,8,9). The molecule has 1 saturated heterocycles. The molecule has 0 aliphatic carbocycles. The van der Waals surface area contributed by atoms with Gasteiger partial charge in [0.25, 0.3) is 5.91 Å². The predicted octanol–water partition coefficient (Wildman–Crippen LogP) is -0.431. The first-order valence-electron chi connectivity index (χ1n) is 2.87. The van der Waals surface area contributed by atoms with E-state index < -0.39 is 12.3 Å². The van der Waals surface area contributed by atoms with E-state index in [1.54, 1.807) is 0 Å². The molecule has 0 radical (unpaired) electrons. The number of carbonyl (C=O) groups excluding carboxylic acids is 1. The van der Waals surface area contributed by atoms with E-state index in [9.17, 15) is 9.59 Å². The van der Waals surface area contributed by atoms with Gasteiger partial charge in [-0.15, -0.1) is 0 Å². The van der Waals surface area contributed by atoms with Gasteiger partial charge >= 0.3 is 6.16 Å². The van der Waals surface area contributed by atoms with Crippen molar-refractivity contribution in [2.75, 3.05) is 6.54 Å². The zero-order valence-electron chi connectivity index (χ0n) is 5.16. The zero-order chi connectivity index (χ0) is 7.56. The van der Waals surface area contributed by atoms with Gasteiger partial charge in [-0.3, -0.25) is 4.79 Å². The van der Waals surface area contributed by atoms with E-state index in [1.807, 2.05) is 0 Å². The Morgan fingerprint density at radius 2 is 2.50 bits per heavy atom. The molecule has 56 valence electrons. The van der Waals surface area contributed by atoms with E-state index in [0.717, 1.165) is 0 Å². The highest BCUT2D eigenvalue weighted by Crippen LogP contribution is 2.04. The summed E-state index contributed by atoms with van der Waals surface area (Å²) in [6.45, 7) is 0.497. The Hall–Kier alpha value is -1.26. The second-order valence-corrected chi connectivity index (χ2v) is 1.95. The summed E-state index contributed by atoms with van der Waals surface area (Å²) >= 11 is 0. The highest BCUT2D eigenvalue weighted by molar-refractivity contribution is 5.84. The maximum Gasteiger partial charge on any atom is 0.506 e. The second kappa shape index (κ2) is 2.55. The molecule has 1 rings (SSSR count). The third-order valence-electron chi connectivity index (χ3n) is 1.24. The number of rotatable bonds is 1. The van der Waals surface area contributed by atoms with Crippen LogP contribution >= 0.6 is 0 Å². The van der Waals surface area contributed by atoms with Gasteiger partial charge in [-0.05, 0) is 0 Å². The van der Waals surface area contributed by atoms with Crippen LogP contribution in [0.4, 0.5) is 4.79 Å². The summed E-state index contributed by atoms with van der Waals surface area (Å²) in [6.07, 6.45) is -1.76. The third-order valence-corrected chi connectivity index (χ3v) is 1.24. The molecule has 0 bridgehead atoms. The SMILES string of the molecule is O=C(O)OC1CCNC1=O. The first-order valence-corrected chi connectivity index (χ1v) is 2.87. The van der Waals surface area contributed by atoms with Gasteiger partial charge < -0.3 is 15.2 Å². The minimum atomic E-state index is -1.40. The lowest BCUT2D eigenvalue weighted by Crippen LogP contribution is -2.26. The highest BCUT2D eigenvalue weighted by atomic mass is 16.7. The third kappa shape index (κ3) is 1.37. The Kier molecular flexibility index (Phi) is 1.75. The number of hydrogen-bond donors (Lipinski definition) is 2. The van der Waals surface area contributed by atoms with Crippen molar-refractivity contribution in [1.82, 2.24) is 5.32 Å². The topological polar surface area (TPSA) is 75.6 Å². The van der Waals surface area contributed by atoms with Crippen LogP contribution in [0.1, 0.15) is 6.42 Å². The zero-order valence-corrected chi connectivity index (χ0v) is 5.16. The fourth-order valence-corrected chi connectivity index (χ4v) is 0.806. The van der Waals surface area contributed by atoms with Crippen molar-refractivity contribution < 1.29 is 19.4 Å². The van der Waals surface area contributed by atoms with E-state index in [1.165, 1.54) is 0 Å². The quantitative estimate of drug-likeness (QED) is 0.491. The first kappa shape index (κ1) is 6.85. The van der Waals surface area contributed by atoms with Crippen molar-refractivity contribution in [3.8, 4) is 0 Å². The molecule has 0 saturated carbocycles. The Morgan fingerprint density at radius 3 is 2.90 bits per heavy atom. The van der Waals surface area contributed by atoms with Gasteiger partial charge in [0.2, 0.25) is 0 Å². The molecule has 5 heteroatoms. The van der Waals surface area contributed by atoms with Crippen LogP contribution in [0, 0.1) is 0 Å². The number of carboxylic acid groups (broad SMARTS) is 1. The van der Waals surface area contributed by atoms with Crippen molar-refractivity contribution in [2.24, 2.45) is 0 Å². The molecule has 1 unspecified atom stereocenters. The number of nitrogens with one attached hydrogen (secondary N) is 1. The van der Waals surface area contributed by atoms with Crippen LogP contribution in [-0.2, 0) is 9.53 Å². The summed E-state index contributed by atoms with van der Waals surface area (Å²) in [5.41, 5.74) is 0. The van der Waals surface area contributed by atoms with Crippen LogP contribution in [0.2, 0.25) is 0 Å². The Bertz CT molecular complexity index is 167. The van der Waals surface area contributed by atoms with Crippen LogP contribution in [0.25, 0.3) is 0 Å². The monoisotopic (exact) mass is 145 g/mol. The lowest BCUT2D eigenvalue weighted by molar-refractivity contribution is -0.127. The summed E-state index contributed by atoms with van der Waals surface area (Å²) < 4.78 is 4.23. The van der Waals surface area contributed by atoms with Gasteiger partial charge in [0, 0.05) is 13.0 Å². The fourth-order valence-electron chi connectivity index (χ4n) is 0.806. The van der Waals surface area contributed by atoms with Gasteiger partial charge in [-0.1, -0.05) is 0 Å². The van der Waals surface area contributed by atoms with E-state index >= 15 is 0 Å². The van der Waals surface area contributed by atoms with Crippen molar-refractivity contribution >= 4 is 12.1 Å². The molecule has 0 spiro atoms. The molecule has 10 heavy (non-hydrogen) atoms. The molecule has 0 aromatic heterocycles. The normalized spacial score (nSPS) is 24.0. The van der Waals surface area contributed by atoms with Crippen molar-refractivity contribution in [3.63, 3.8) is 0 Å². The largest absolute Gasteiger partial charge is 0.506 e. The molecule has 1 atom stereocenters. The van der Waals surface area contributed by atoms with Gasteiger partial charge in [-0.2, -0.15) is 0 Å². The molecule has 0 aromatic carbocycles. The maximum atomic E-state index is 10.6. The van der Waals surface area contributed by atoms with Gasteiger partial charge in [-0.25, -0.2) is 4.79 Å². The van der Waals surface area contributed by atoms with Crippen molar-refractivity contribution in [1.29, 1.82) is 0 Å². The maximum absolute atomic E-state index is 10.6. The number of hydrogen-bond acceptors (Lipinski definition) is 3. The molecule has 0 aromatic rings. The average molecular weight is 145 g/mol. The molecule has 1 fully saturated rings. The van der Waals surface area contributed by atoms with Crippen molar-refractivity contribution in [2.45, 2.75) is 12.5 Å². The second-order valence-electron chi connectivity index (χ2n) is 1.95. The van der Waals surface area contributed by atoms with Crippen LogP contribution in [0.15, 0.2) is 0 Å². The Labute approximate surface area is 57.0 Å². The molecule has 1 aliphatic heterocycles. The summed E-state index contributed by atoms with van der Waals surface area (Å²) in [7, 11) is 0. The van der Waals surface area contributed by atoms with Crippen LogP contribution in [0.5, 0.6) is 0 Å². The van der Waals surface area contributed by atoms with Gasteiger partial charge in [0.1, 0.15) is 0 Å². The summed E-state index contributed by atoms with van der Waals surface area (Å²) in [5, 5.41) is 10.5. The molecule has 2 N–H and O–H groups in total. The first-order chi connectivity index (χ1) is 4.70. The Morgan fingerprint density at radius 1 is 1.80 bits per heavy atom. The number of amides is 1. The average Bonchev–Trinajstić information content (AvgIpc) is 2.15. The Balaban J connectivity index is 2.40. The lowest BCUT2D eigenvalue weighted by atomic mass is 10.3. The summed E-state index contributed by atoms with van der Waals surface area (Å²) in [6, 6.07) is 0. The van der Waals surface area contributed by atoms with Crippen LogP contribution in [-0.4, -0.2) is 29.8 Å². The molecule has 5 nitrogen and oxygen atoms in total. The molecule has 1 aliphatic rings. The minimum absolute atomic E-state index is 0.345. The van der Waals surface area contributed by atoms with Gasteiger partial charge in [0.05, 0.1) is 0 Å². The van der Waals surface area contributed by atoms with E-state index in [0.29, 0.717) is 13.0 Å². The number of carbonyl (C=O) groups is 2. The minimum Gasteiger partial charge on any atom is -0.450 e. The molecular weight excluding hydrogens is 138 g/mol. The fraction of sp³-hybridized carbons (Fsp3) is 0.600. The van der Waals surface area contributed by atoms with E-state index in [-0.39, 0.29) is 5.91 Å². The van der Waals surface area contributed by atoms with E-state index in [4.69, 9.17) is 5.11 Å². The highest BCUT2D eigenvalue weighted by Gasteiger charge is 2.27. The van der Waals surface area contributed by atoms with Crippen LogP contribution < -0.4 is 5.32 Å². The summed E-state index contributed by atoms with van der Waals surface area (Å²) in [5.74, 6) is -0.345. The molecule has 1 heterocycles. The lowest BCUT2D eigenvalue weighted by Gasteiger charge is -2.03. The number of ether oxygens (including phenoxy) is 1. The van der Waals surface area contributed by atoms with Gasteiger partial charge in [0.15, 0.2) is 6.10 Å². The molecule has 1 amide bonds. The van der Waals surface area contributed by atoms with Crippen molar-refractivity contribution in [3.05, 3.63) is 0 Å². The smallest absolute Gasteiger partial charge is 0.450 e. The summed E-state index contributed by atoms with van der Waals surface area (Å²) in [4.78, 5) is 20.5. The predicted molar refractivity (Wildman–Crippen MR) is 30.5 cm³/mol. The van der Waals surface area contributed by atoms with E-state index in [2.05, 4.69) is 10.1 Å². The molecular formula is C5H7NO4.